The number of likely N-dealkylation sites (tertiary alicyclic amines) is 1. The number of benzene rings is 1. The topological polar surface area (TPSA) is 32.3 Å². The number of amides is 1. The van der Waals surface area contributed by atoms with Crippen LogP contribution in [-0.2, 0) is 6.54 Å². The normalized spacial score (nSPS) is 16.6. The van der Waals surface area contributed by atoms with Gasteiger partial charge in [-0.25, -0.2) is 0 Å². The zero-order valence-electron chi connectivity index (χ0n) is 15.8. The van der Waals surface area contributed by atoms with Crippen molar-refractivity contribution in [2.45, 2.75) is 66.0 Å². The molecular formula is C21H34N2O. The number of nitrogens with zero attached hydrogens (tertiary/aromatic N) is 1. The second-order valence-corrected chi connectivity index (χ2v) is 7.87. The number of hydrogen-bond donors (Lipinski definition) is 1. The molecule has 0 radical (unpaired) electrons. The molecule has 0 saturated carbocycles. The van der Waals surface area contributed by atoms with Gasteiger partial charge >= 0.3 is 0 Å². The Labute approximate surface area is 147 Å². The molecule has 1 saturated heterocycles. The van der Waals surface area contributed by atoms with E-state index in [1.807, 2.05) is 12.1 Å². The third-order valence-corrected chi connectivity index (χ3v) is 5.06. The minimum absolute atomic E-state index is 0.0451. The Morgan fingerprint density at radius 2 is 1.50 bits per heavy atom. The Hall–Kier alpha value is -1.35. The highest BCUT2D eigenvalue weighted by Crippen LogP contribution is 2.15. The molecule has 1 heterocycles. The van der Waals surface area contributed by atoms with Crippen LogP contribution in [0.15, 0.2) is 24.3 Å². The van der Waals surface area contributed by atoms with Gasteiger partial charge < -0.3 is 5.32 Å². The van der Waals surface area contributed by atoms with Crippen LogP contribution in [-0.4, -0.2) is 29.9 Å². The molecule has 0 bridgehead atoms. The van der Waals surface area contributed by atoms with E-state index in [-0.39, 0.29) is 11.9 Å². The van der Waals surface area contributed by atoms with Crippen LogP contribution in [0.1, 0.15) is 69.3 Å². The number of carbonyl (C=O) groups is 1. The van der Waals surface area contributed by atoms with Crippen LogP contribution in [0, 0.1) is 11.8 Å². The van der Waals surface area contributed by atoms with Gasteiger partial charge in [0.1, 0.15) is 0 Å². The second-order valence-electron chi connectivity index (χ2n) is 7.87. The first-order valence-corrected chi connectivity index (χ1v) is 9.59. The first kappa shape index (κ1) is 19.0. The highest BCUT2D eigenvalue weighted by Gasteiger charge is 2.20. The predicted molar refractivity (Wildman–Crippen MR) is 101 cm³/mol. The molecule has 1 amide bonds. The molecule has 0 aromatic heterocycles. The Bertz CT molecular complexity index is 491. The molecule has 1 aromatic carbocycles. The molecule has 3 heteroatoms. The lowest BCUT2D eigenvalue weighted by atomic mass is 9.93. The molecule has 3 nitrogen and oxygen atoms in total. The molecule has 1 fully saturated rings. The third-order valence-electron chi connectivity index (χ3n) is 5.06. The van der Waals surface area contributed by atoms with Gasteiger partial charge in [0.25, 0.3) is 5.91 Å². The Balaban J connectivity index is 1.94. The highest BCUT2D eigenvalue weighted by atomic mass is 16.1. The Morgan fingerprint density at radius 3 is 2.00 bits per heavy atom. The second kappa shape index (κ2) is 9.22. The molecule has 134 valence electrons. The van der Waals surface area contributed by atoms with Crippen molar-refractivity contribution in [1.82, 2.24) is 10.2 Å². The van der Waals surface area contributed by atoms with E-state index >= 15 is 0 Å². The lowest BCUT2D eigenvalue weighted by Gasteiger charge is -2.26. The fourth-order valence-corrected chi connectivity index (χ4v) is 3.65. The van der Waals surface area contributed by atoms with Gasteiger partial charge in [0.15, 0.2) is 0 Å². The highest BCUT2D eigenvalue weighted by molar-refractivity contribution is 5.94. The number of carbonyl (C=O) groups excluding carboxylic acids is 1. The van der Waals surface area contributed by atoms with Crippen molar-refractivity contribution in [2.75, 3.05) is 13.1 Å². The average Bonchev–Trinajstić information content (AvgIpc) is 2.81. The van der Waals surface area contributed by atoms with Gasteiger partial charge in [0, 0.05) is 18.2 Å². The van der Waals surface area contributed by atoms with Gasteiger partial charge in [0.2, 0.25) is 0 Å². The zero-order valence-corrected chi connectivity index (χ0v) is 15.8. The van der Waals surface area contributed by atoms with Crippen LogP contribution in [0.3, 0.4) is 0 Å². The van der Waals surface area contributed by atoms with Crippen LogP contribution in [0.4, 0.5) is 0 Å². The molecule has 1 aliphatic heterocycles. The minimum atomic E-state index is 0.0451. The average molecular weight is 331 g/mol. The van der Waals surface area contributed by atoms with E-state index in [0.29, 0.717) is 11.8 Å². The van der Waals surface area contributed by atoms with Crippen LogP contribution in [0.5, 0.6) is 0 Å². The fraction of sp³-hybridized carbons (Fsp3) is 0.667. The standard InChI is InChI=1S/C21H34N2O/c1-16(2)20(17(3)4)22-21(24)19-11-9-18(10-12-19)15-23-13-7-5-6-8-14-23/h9-12,16-17,20H,5-8,13-15H2,1-4H3,(H,22,24). The van der Waals surface area contributed by atoms with Gasteiger partial charge in [-0.2, -0.15) is 0 Å². The summed E-state index contributed by atoms with van der Waals surface area (Å²) in [4.78, 5) is 15.0. The summed E-state index contributed by atoms with van der Waals surface area (Å²) >= 11 is 0. The third kappa shape index (κ3) is 5.62. The van der Waals surface area contributed by atoms with Crippen LogP contribution in [0.2, 0.25) is 0 Å². The summed E-state index contributed by atoms with van der Waals surface area (Å²) in [5, 5.41) is 3.19. The Kier molecular flexibility index (Phi) is 7.29. The molecule has 0 unspecified atom stereocenters. The summed E-state index contributed by atoms with van der Waals surface area (Å²) in [6.07, 6.45) is 5.35. The van der Waals surface area contributed by atoms with E-state index < -0.39 is 0 Å². The van der Waals surface area contributed by atoms with Gasteiger partial charge in [-0.3, -0.25) is 9.69 Å². The van der Waals surface area contributed by atoms with Crippen LogP contribution >= 0.6 is 0 Å². The maximum absolute atomic E-state index is 12.5. The van der Waals surface area contributed by atoms with E-state index in [9.17, 15) is 4.79 Å². The first-order chi connectivity index (χ1) is 11.5. The van der Waals surface area contributed by atoms with E-state index in [1.165, 1.54) is 44.3 Å². The van der Waals surface area contributed by atoms with Crippen molar-refractivity contribution in [2.24, 2.45) is 11.8 Å². The molecule has 1 aromatic rings. The summed E-state index contributed by atoms with van der Waals surface area (Å²) in [5.41, 5.74) is 2.07. The van der Waals surface area contributed by atoms with Gasteiger partial charge in [0.05, 0.1) is 0 Å². The number of nitrogens with one attached hydrogen (secondary N) is 1. The Morgan fingerprint density at radius 1 is 0.958 bits per heavy atom. The smallest absolute Gasteiger partial charge is 0.251 e. The van der Waals surface area contributed by atoms with Gasteiger partial charge in [-0.15, -0.1) is 0 Å². The first-order valence-electron chi connectivity index (χ1n) is 9.59. The maximum atomic E-state index is 12.5. The largest absolute Gasteiger partial charge is 0.349 e. The van der Waals surface area contributed by atoms with Crippen molar-refractivity contribution >= 4 is 5.91 Å². The van der Waals surface area contributed by atoms with E-state index in [1.54, 1.807) is 0 Å². The monoisotopic (exact) mass is 330 g/mol. The van der Waals surface area contributed by atoms with E-state index in [4.69, 9.17) is 0 Å². The molecule has 2 rings (SSSR count). The summed E-state index contributed by atoms with van der Waals surface area (Å²) in [7, 11) is 0. The minimum Gasteiger partial charge on any atom is -0.349 e. The van der Waals surface area contributed by atoms with Gasteiger partial charge in [-0.1, -0.05) is 52.7 Å². The summed E-state index contributed by atoms with van der Waals surface area (Å²) in [5.74, 6) is 0.927. The van der Waals surface area contributed by atoms with Crippen molar-refractivity contribution in [3.63, 3.8) is 0 Å². The molecule has 24 heavy (non-hydrogen) atoms. The molecule has 1 N–H and O–H groups in total. The molecular weight excluding hydrogens is 296 g/mol. The molecule has 0 aliphatic carbocycles. The van der Waals surface area contributed by atoms with E-state index in [2.05, 4.69) is 50.0 Å². The van der Waals surface area contributed by atoms with Crippen LogP contribution < -0.4 is 5.32 Å². The van der Waals surface area contributed by atoms with Crippen LogP contribution in [0.25, 0.3) is 0 Å². The fourth-order valence-electron chi connectivity index (χ4n) is 3.65. The number of hydrogen-bond acceptors (Lipinski definition) is 2. The van der Waals surface area contributed by atoms with Crippen molar-refractivity contribution in [1.29, 1.82) is 0 Å². The molecule has 0 spiro atoms. The molecule has 0 atom stereocenters. The lowest BCUT2D eigenvalue weighted by Crippen LogP contribution is -2.42. The number of rotatable bonds is 6. The summed E-state index contributed by atoms with van der Waals surface area (Å²) in [6, 6.07) is 8.38. The maximum Gasteiger partial charge on any atom is 0.251 e. The van der Waals surface area contributed by atoms with Crippen molar-refractivity contribution in [3.8, 4) is 0 Å². The summed E-state index contributed by atoms with van der Waals surface area (Å²) < 4.78 is 0. The van der Waals surface area contributed by atoms with Crippen molar-refractivity contribution < 1.29 is 4.79 Å². The predicted octanol–water partition coefficient (Wildman–Crippen LogP) is 4.47. The van der Waals surface area contributed by atoms with E-state index in [0.717, 1.165) is 12.1 Å². The quantitative estimate of drug-likeness (QED) is 0.834. The zero-order chi connectivity index (χ0) is 17.5. The van der Waals surface area contributed by atoms with Crippen molar-refractivity contribution in [3.05, 3.63) is 35.4 Å². The van der Waals surface area contributed by atoms with Gasteiger partial charge in [-0.05, 0) is 55.5 Å². The SMILES string of the molecule is CC(C)C(NC(=O)c1ccc(CN2CCCCCC2)cc1)C(C)C. The molecule has 1 aliphatic rings. The summed E-state index contributed by atoms with van der Waals surface area (Å²) in [6.45, 7) is 12.1. The lowest BCUT2D eigenvalue weighted by molar-refractivity contribution is 0.0910.